The van der Waals surface area contributed by atoms with Crippen LogP contribution in [0.2, 0.25) is 0 Å². The van der Waals surface area contributed by atoms with Gasteiger partial charge in [0.05, 0.1) is 0 Å². The molecular weight excluding hydrogens is 346 g/mol. The molecule has 1 N–H and O–H groups in total. The maximum Gasteiger partial charge on any atom is 2.00 e. The van der Waals surface area contributed by atoms with Gasteiger partial charge in [0, 0.05) is 7.11 Å². The van der Waals surface area contributed by atoms with Crippen LogP contribution < -0.4 is 0 Å². The van der Waals surface area contributed by atoms with Crippen molar-refractivity contribution in [1.82, 2.24) is 0 Å². The van der Waals surface area contributed by atoms with Gasteiger partial charge in [-0.2, -0.15) is 35.4 Å². The maximum atomic E-state index is 5.71. The molecule has 0 atom stereocenters. The fourth-order valence-electron chi connectivity index (χ4n) is 1.28. The minimum absolute atomic E-state index is 0. The van der Waals surface area contributed by atoms with Crippen LogP contribution in [0.5, 0.6) is 0 Å². The molecule has 1 fully saturated rings. The Hall–Kier alpha value is -0.172. The van der Waals surface area contributed by atoms with Crippen molar-refractivity contribution in [2.45, 2.75) is 25.7 Å². The van der Waals surface area contributed by atoms with Crippen LogP contribution in [-0.4, -0.2) is 7.11 Å². The van der Waals surface area contributed by atoms with Crippen molar-refractivity contribution in [3.8, 4) is 0 Å². The second kappa shape index (κ2) is 7.16. The van der Waals surface area contributed by atoms with Crippen LogP contribution in [0.4, 0.5) is 0 Å². The molecular formula is C11H15NOW. The summed E-state index contributed by atoms with van der Waals surface area (Å²) in [6.07, 6.45) is 2.78. The van der Waals surface area contributed by atoms with Crippen LogP contribution in [0.25, 0.3) is 5.90 Å². The minimum Gasteiger partial charge on any atom is -0.550 e. The SMILES string of the molecule is CO[NH-].Cc1[c-]ccc(C2CC2)c1.[W+2]. The molecule has 0 amide bonds. The van der Waals surface area contributed by atoms with Gasteiger partial charge in [0.1, 0.15) is 0 Å². The Bertz CT molecular complexity index is 261. The van der Waals surface area contributed by atoms with E-state index in [2.05, 4.69) is 30.0 Å². The predicted molar refractivity (Wildman–Crippen MR) is 53.3 cm³/mol. The van der Waals surface area contributed by atoms with Crippen LogP contribution in [0.3, 0.4) is 0 Å². The van der Waals surface area contributed by atoms with E-state index in [0.717, 1.165) is 5.92 Å². The molecule has 0 heterocycles. The van der Waals surface area contributed by atoms with Crippen molar-refractivity contribution < 1.29 is 25.9 Å². The number of aryl methyl sites for hydroxylation is 1. The quantitative estimate of drug-likeness (QED) is 0.558. The largest absolute Gasteiger partial charge is 2.00 e. The summed E-state index contributed by atoms with van der Waals surface area (Å²) in [6.45, 7) is 2.10. The molecule has 1 aromatic rings. The molecule has 1 aromatic carbocycles. The van der Waals surface area contributed by atoms with Crippen molar-refractivity contribution in [3.05, 3.63) is 41.3 Å². The van der Waals surface area contributed by atoms with Crippen LogP contribution in [0.1, 0.15) is 29.9 Å². The van der Waals surface area contributed by atoms with Crippen molar-refractivity contribution in [3.63, 3.8) is 0 Å². The zero-order valence-electron chi connectivity index (χ0n) is 8.54. The number of hydrogen-bond donors (Lipinski definition) is 0. The van der Waals surface area contributed by atoms with Gasteiger partial charge in [-0.1, -0.05) is 6.92 Å². The van der Waals surface area contributed by atoms with E-state index < -0.39 is 0 Å². The summed E-state index contributed by atoms with van der Waals surface area (Å²) in [6, 6.07) is 9.62. The molecule has 3 heteroatoms. The number of rotatable bonds is 1. The van der Waals surface area contributed by atoms with E-state index in [9.17, 15) is 0 Å². The molecule has 0 spiro atoms. The normalized spacial score (nSPS) is 13.6. The molecule has 0 aliphatic heterocycles. The summed E-state index contributed by atoms with van der Waals surface area (Å²) in [5.74, 6) is 6.59. The number of benzene rings is 1. The molecule has 0 unspecified atom stereocenters. The monoisotopic (exact) mass is 361 g/mol. The third kappa shape index (κ3) is 4.90. The van der Waals surface area contributed by atoms with Crippen LogP contribution in [-0.2, 0) is 25.9 Å². The standard InChI is InChI=1S/C10H11.CH4NO.W/c1-8-3-2-4-10(7-8)9-5-6-9;1-3-2;/h2,4,7,9H,5-6H2,1H3;2H,1H3;/q2*-1;+2. The Morgan fingerprint density at radius 2 is 2.07 bits per heavy atom. The summed E-state index contributed by atoms with van der Waals surface area (Å²) in [7, 11) is 1.29. The molecule has 1 aliphatic rings. The average molecular weight is 361 g/mol. The third-order valence-corrected chi connectivity index (χ3v) is 2.02. The van der Waals surface area contributed by atoms with E-state index in [0.29, 0.717) is 0 Å². The summed E-state index contributed by atoms with van der Waals surface area (Å²) in [4.78, 5) is 3.50. The number of nitrogens with one attached hydrogen (secondary N) is 1. The molecule has 1 saturated carbocycles. The van der Waals surface area contributed by atoms with Gasteiger partial charge in [0.15, 0.2) is 0 Å². The second-order valence-electron chi connectivity index (χ2n) is 3.28. The molecule has 0 bridgehead atoms. The molecule has 14 heavy (non-hydrogen) atoms. The third-order valence-electron chi connectivity index (χ3n) is 2.02. The first-order valence-electron chi connectivity index (χ1n) is 4.46. The molecule has 2 rings (SSSR count). The second-order valence-corrected chi connectivity index (χ2v) is 3.28. The summed E-state index contributed by atoms with van der Waals surface area (Å²) < 4.78 is 0. The van der Waals surface area contributed by atoms with Crippen molar-refractivity contribution >= 4 is 0 Å². The van der Waals surface area contributed by atoms with Gasteiger partial charge in [-0.15, -0.1) is 0 Å². The summed E-state index contributed by atoms with van der Waals surface area (Å²) in [5.41, 5.74) is 2.78. The first-order chi connectivity index (χ1) is 6.27. The molecule has 1 aliphatic carbocycles. The fourth-order valence-corrected chi connectivity index (χ4v) is 1.28. The zero-order valence-corrected chi connectivity index (χ0v) is 11.5. The van der Waals surface area contributed by atoms with Gasteiger partial charge in [-0.3, -0.25) is 0 Å². The Morgan fingerprint density at radius 1 is 1.50 bits per heavy atom. The van der Waals surface area contributed by atoms with Crippen LogP contribution >= 0.6 is 0 Å². The molecule has 0 saturated heterocycles. The van der Waals surface area contributed by atoms with Gasteiger partial charge < -0.3 is 10.7 Å². The van der Waals surface area contributed by atoms with Crippen molar-refractivity contribution in [1.29, 1.82) is 0 Å². The zero-order chi connectivity index (χ0) is 9.68. The van der Waals surface area contributed by atoms with Gasteiger partial charge >= 0.3 is 21.1 Å². The topological polar surface area (TPSA) is 33.0 Å². The first-order valence-corrected chi connectivity index (χ1v) is 4.46. The number of hydrogen-bond acceptors (Lipinski definition) is 1. The van der Waals surface area contributed by atoms with Crippen molar-refractivity contribution in [2.24, 2.45) is 0 Å². The Kier molecular flexibility index (Phi) is 7.08. The van der Waals surface area contributed by atoms with E-state index in [1.165, 1.54) is 31.1 Å². The Morgan fingerprint density at radius 3 is 2.50 bits per heavy atom. The Labute approximate surface area is 100 Å². The van der Waals surface area contributed by atoms with E-state index in [1.54, 1.807) is 0 Å². The molecule has 0 aromatic heterocycles. The first kappa shape index (κ1) is 13.8. The Balaban J connectivity index is 0.000000381. The van der Waals surface area contributed by atoms with Crippen LogP contribution in [0, 0.1) is 13.0 Å². The minimum atomic E-state index is 0. The average Bonchev–Trinajstić information content (AvgIpc) is 2.87. The summed E-state index contributed by atoms with van der Waals surface area (Å²) in [5, 5.41) is 0. The van der Waals surface area contributed by atoms with E-state index >= 15 is 0 Å². The molecule has 2 nitrogen and oxygen atoms in total. The van der Waals surface area contributed by atoms with E-state index in [1.807, 2.05) is 6.07 Å². The van der Waals surface area contributed by atoms with Gasteiger partial charge in [-0.25, -0.2) is 0 Å². The van der Waals surface area contributed by atoms with Crippen LogP contribution in [0.15, 0.2) is 18.2 Å². The predicted octanol–water partition coefficient (Wildman–Crippen LogP) is 3.27. The smallest absolute Gasteiger partial charge is 0.550 e. The molecule has 0 radical (unpaired) electrons. The van der Waals surface area contributed by atoms with E-state index in [4.69, 9.17) is 5.90 Å². The summed E-state index contributed by atoms with van der Waals surface area (Å²) >= 11 is 0. The van der Waals surface area contributed by atoms with Gasteiger partial charge in [0.2, 0.25) is 0 Å². The fraction of sp³-hybridized carbons (Fsp3) is 0.455. The van der Waals surface area contributed by atoms with Gasteiger partial charge in [-0.05, 0) is 18.8 Å². The van der Waals surface area contributed by atoms with Crippen molar-refractivity contribution in [2.75, 3.05) is 7.11 Å². The molecule has 76 valence electrons. The van der Waals surface area contributed by atoms with E-state index in [-0.39, 0.29) is 21.1 Å². The maximum absolute atomic E-state index is 5.71. The van der Waals surface area contributed by atoms with Gasteiger partial charge in [0.25, 0.3) is 0 Å².